The first-order chi connectivity index (χ1) is 9.52. The normalized spacial score (nSPS) is 19.4. The van der Waals surface area contributed by atoms with E-state index in [0.29, 0.717) is 31.7 Å². The van der Waals surface area contributed by atoms with Gasteiger partial charge >= 0.3 is 5.97 Å². The summed E-state index contributed by atoms with van der Waals surface area (Å²) in [6.07, 6.45) is 4.57. The van der Waals surface area contributed by atoms with Gasteiger partial charge in [0.25, 0.3) is 0 Å². The molecule has 2 unspecified atom stereocenters. The largest absolute Gasteiger partial charge is 0.481 e. The molecule has 1 saturated heterocycles. The Morgan fingerprint density at radius 1 is 1.40 bits per heavy atom. The van der Waals surface area contributed by atoms with Crippen LogP contribution in [0, 0.1) is 5.92 Å². The second-order valence-corrected chi connectivity index (χ2v) is 5.33. The maximum absolute atomic E-state index is 11.8. The predicted molar refractivity (Wildman–Crippen MR) is 74.1 cm³/mol. The fraction of sp³-hybridized carbons (Fsp3) is 0.786. The van der Waals surface area contributed by atoms with Crippen LogP contribution in [-0.4, -0.2) is 35.5 Å². The Labute approximate surface area is 119 Å². The third-order valence-electron chi connectivity index (χ3n) is 3.63. The van der Waals surface area contributed by atoms with Crippen LogP contribution < -0.4 is 10.6 Å². The first-order valence-electron chi connectivity index (χ1n) is 7.31. The van der Waals surface area contributed by atoms with E-state index in [1.165, 1.54) is 0 Å². The summed E-state index contributed by atoms with van der Waals surface area (Å²) in [4.78, 5) is 33.4. The Bertz CT molecular complexity index is 357. The van der Waals surface area contributed by atoms with E-state index in [2.05, 4.69) is 17.6 Å². The van der Waals surface area contributed by atoms with Crippen LogP contribution in [0.2, 0.25) is 0 Å². The molecule has 6 heteroatoms. The number of nitrogens with one attached hydrogen (secondary N) is 2. The van der Waals surface area contributed by atoms with Gasteiger partial charge in [0.05, 0.1) is 0 Å². The van der Waals surface area contributed by atoms with E-state index in [-0.39, 0.29) is 18.2 Å². The van der Waals surface area contributed by atoms with Gasteiger partial charge in [-0.3, -0.25) is 14.4 Å². The Hall–Kier alpha value is -1.59. The van der Waals surface area contributed by atoms with Crippen LogP contribution in [0.25, 0.3) is 0 Å². The highest BCUT2D eigenvalue weighted by Gasteiger charge is 2.26. The van der Waals surface area contributed by atoms with E-state index in [1.54, 1.807) is 0 Å². The first kappa shape index (κ1) is 16.5. The molecule has 0 radical (unpaired) electrons. The summed E-state index contributed by atoms with van der Waals surface area (Å²) in [7, 11) is 0. The summed E-state index contributed by atoms with van der Waals surface area (Å²) >= 11 is 0. The number of rotatable bonds is 9. The van der Waals surface area contributed by atoms with Crippen molar-refractivity contribution in [1.82, 2.24) is 10.6 Å². The van der Waals surface area contributed by atoms with Gasteiger partial charge in [-0.25, -0.2) is 0 Å². The average molecular weight is 284 g/mol. The van der Waals surface area contributed by atoms with Gasteiger partial charge in [0.2, 0.25) is 11.8 Å². The van der Waals surface area contributed by atoms with E-state index in [9.17, 15) is 14.4 Å². The predicted octanol–water partition coefficient (Wildman–Crippen LogP) is 1.05. The zero-order valence-electron chi connectivity index (χ0n) is 12.0. The van der Waals surface area contributed by atoms with Crippen LogP contribution in [0.5, 0.6) is 0 Å². The SMILES string of the molecule is CCCC(CCNC(=O)C1CCC(=O)N1)CCC(=O)O. The van der Waals surface area contributed by atoms with E-state index in [4.69, 9.17) is 5.11 Å². The molecule has 0 spiro atoms. The lowest BCUT2D eigenvalue weighted by atomic mass is 9.94. The zero-order valence-corrected chi connectivity index (χ0v) is 12.0. The summed E-state index contributed by atoms with van der Waals surface area (Å²) in [5.74, 6) is -0.654. The van der Waals surface area contributed by atoms with Crippen molar-refractivity contribution in [2.24, 2.45) is 5.92 Å². The maximum Gasteiger partial charge on any atom is 0.303 e. The van der Waals surface area contributed by atoms with Crippen LogP contribution in [0.4, 0.5) is 0 Å². The molecule has 0 aliphatic carbocycles. The number of hydrogen-bond donors (Lipinski definition) is 3. The van der Waals surface area contributed by atoms with Crippen molar-refractivity contribution in [2.75, 3.05) is 6.54 Å². The van der Waals surface area contributed by atoms with Crippen molar-refractivity contribution in [1.29, 1.82) is 0 Å². The van der Waals surface area contributed by atoms with E-state index >= 15 is 0 Å². The minimum Gasteiger partial charge on any atom is -0.481 e. The highest BCUT2D eigenvalue weighted by atomic mass is 16.4. The van der Waals surface area contributed by atoms with Crippen molar-refractivity contribution in [3.63, 3.8) is 0 Å². The molecule has 20 heavy (non-hydrogen) atoms. The van der Waals surface area contributed by atoms with Crippen molar-refractivity contribution in [3.05, 3.63) is 0 Å². The molecule has 0 saturated carbocycles. The van der Waals surface area contributed by atoms with Crippen molar-refractivity contribution in [2.45, 2.75) is 57.9 Å². The third kappa shape index (κ3) is 6.04. The van der Waals surface area contributed by atoms with Gasteiger partial charge in [0.1, 0.15) is 6.04 Å². The Kier molecular flexibility index (Phi) is 7.04. The molecule has 1 heterocycles. The van der Waals surface area contributed by atoms with Crippen LogP contribution in [-0.2, 0) is 14.4 Å². The molecule has 2 amide bonds. The summed E-state index contributed by atoms with van der Waals surface area (Å²) in [6.45, 7) is 2.61. The molecule has 0 aromatic rings. The third-order valence-corrected chi connectivity index (χ3v) is 3.63. The van der Waals surface area contributed by atoms with E-state index in [0.717, 1.165) is 19.3 Å². The van der Waals surface area contributed by atoms with Gasteiger partial charge < -0.3 is 15.7 Å². The average Bonchev–Trinajstić information content (AvgIpc) is 2.82. The smallest absolute Gasteiger partial charge is 0.303 e. The lowest BCUT2D eigenvalue weighted by molar-refractivity contribution is -0.137. The fourth-order valence-electron chi connectivity index (χ4n) is 2.50. The Balaban J connectivity index is 2.23. The Morgan fingerprint density at radius 2 is 2.15 bits per heavy atom. The number of aliphatic carboxylic acids is 1. The zero-order chi connectivity index (χ0) is 15.0. The highest BCUT2D eigenvalue weighted by Crippen LogP contribution is 2.17. The molecule has 0 aromatic heterocycles. The monoisotopic (exact) mass is 284 g/mol. The van der Waals surface area contributed by atoms with Crippen LogP contribution in [0.15, 0.2) is 0 Å². The second-order valence-electron chi connectivity index (χ2n) is 5.33. The summed E-state index contributed by atoms with van der Waals surface area (Å²) in [5.41, 5.74) is 0. The van der Waals surface area contributed by atoms with Gasteiger partial charge in [-0.1, -0.05) is 19.8 Å². The van der Waals surface area contributed by atoms with Crippen LogP contribution in [0.3, 0.4) is 0 Å². The lowest BCUT2D eigenvalue weighted by Gasteiger charge is -2.16. The standard InChI is InChI=1S/C14H24N2O4/c1-2-3-10(4-7-13(18)19)8-9-15-14(20)11-5-6-12(17)16-11/h10-11H,2-9H2,1H3,(H,15,20)(H,16,17)(H,18,19). The van der Waals surface area contributed by atoms with Crippen molar-refractivity contribution in [3.8, 4) is 0 Å². The highest BCUT2D eigenvalue weighted by molar-refractivity contribution is 5.90. The summed E-state index contributed by atoms with van der Waals surface area (Å²) < 4.78 is 0. The van der Waals surface area contributed by atoms with Crippen molar-refractivity contribution >= 4 is 17.8 Å². The molecule has 0 bridgehead atoms. The van der Waals surface area contributed by atoms with Crippen LogP contribution >= 0.6 is 0 Å². The summed E-state index contributed by atoms with van der Waals surface area (Å²) in [6, 6.07) is -0.397. The topological polar surface area (TPSA) is 95.5 Å². The Morgan fingerprint density at radius 3 is 2.70 bits per heavy atom. The van der Waals surface area contributed by atoms with Crippen molar-refractivity contribution < 1.29 is 19.5 Å². The molecular weight excluding hydrogens is 260 g/mol. The van der Waals surface area contributed by atoms with Gasteiger partial charge in [-0.2, -0.15) is 0 Å². The van der Waals surface area contributed by atoms with Gasteiger partial charge in [0, 0.05) is 19.4 Å². The van der Waals surface area contributed by atoms with E-state index < -0.39 is 12.0 Å². The molecule has 0 aromatic carbocycles. The lowest BCUT2D eigenvalue weighted by Crippen LogP contribution is -2.42. The first-order valence-corrected chi connectivity index (χ1v) is 7.31. The number of carboxylic acid groups (broad SMARTS) is 1. The molecule has 2 atom stereocenters. The molecule has 6 nitrogen and oxygen atoms in total. The van der Waals surface area contributed by atoms with Gasteiger partial charge in [-0.15, -0.1) is 0 Å². The fourth-order valence-corrected chi connectivity index (χ4v) is 2.50. The van der Waals surface area contributed by atoms with Gasteiger partial charge in [0.15, 0.2) is 0 Å². The molecule has 114 valence electrons. The minimum absolute atomic E-state index is 0.0736. The summed E-state index contributed by atoms with van der Waals surface area (Å²) in [5, 5.41) is 14.2. The second kappa shape index (κ2) is 8.55. The van der Waals surface area contributed by atoms with Crippen LogP contribution in [0.1, 0.15) is 51.9 Å². The molecule has 1 rings (SSSR count). The molecule has 1 aliphatic heterocycles. The quantitative estimate of drug-likeness (QED) is 0.590. The number of hydrogen-bond acceptors (Lipinski definition) is 3. The maximum atomic E-state index is 11.8. The molecule has 1 fully saturated rings. The molecular formula is C14H24N2O4. The number of amides is 2. The van der Waals surface area contributed by atoms with Gasteiger partial charge in [-0.05, 0) is 25.2 Å². The number of carbonyl (C=O) groups excluding carboxylic acids is 2. The van der Waals surface area contributed by atoms with E-state index in [1.807, 2.05) is 0 Å². The molecule has 3 N–H and O–H groups in total. The number of carboxylic acids is 1. The minimum atomic E-state index is -0.774. The molecule has 1 aliphatic rings. The number of carbonyl (C=O) groups is 3.